The Bertz CT molecular complexity index is 1180. The molecule has 10 heteroatoms. The van der Waals surface area contributed by atoms with Crippen molar-refractivity contribution in [3.8, 4) is 0 Å². The van der Waals surface area contributed by atoms with Crippen molar-refractivity contribution in [1.29, 1.82) is 0 Å². The average molecular weight is 478 g/mol. The van der Waals surface area contributed by atoms with Gasteiger partial charge in [0.25, 0.3) is 0 Å². The Balaban J connectivity index is 1.65. The molecule has 32 heavy (non-hydrogen) atoms. The summed E-state index contributed by atoms with van der Waals surface area (Å²) in [6, 6.07) is 13.7. The third kappa shape index (κ3) is 6.07. The fraction of sp³-hybridized carbons (Fsp3) is 0.364. The Hall–Kier alpha value is -2.46. The molecule has 0 spiro atoms. The van der Waals surface area contributed by atoms with Gasteiger partial charge in [-0.15, -0.1) is 0 Å². The van der Waals surface area contributed by atoms with E-state index in [4.69, 9.17) is 11.6 Å². The molecule has 1 amide bonds. The first kappa shape index (κ1) is 24.2. The minimum Gasteiger partial charge on any atom is -0.309 e. The summed E-state index contributed by atoms with van der Waals surface area (Å²) in [5, 5.41) is 3.16. The SMILES string of the molecule is CCN(CC)CCn1c(NC(=O)CCNS(=O)(=O)c2cccc(Cl)c2)nc2ccccc21. The maximum absolute atomic E-state index is 12.5. The number of imidazole rings is 1. The lowest BCUT2D eigenvalue weighted by Crippen LogP contribution is -2.29. The number of halogens is 1. The Morgan fingerprint density at radius 1 is 1.12 bits per heavy atom. The van der Waals surface area contributed by atoms with E-state index in [9.17, 15) is 13.2 Å². The van der Waals surface area contributed by atoms with Gasteiger partial charge in [-0.2, -0.15) is 0 Å². The number of fused-ring (bicyclic) bond motifs is 1. The first-order chi connectivity index (χ1) is 15.3. The molecule has 3 aromatic rings. The van der Waals surface area contributed by atoms with Crippen molar-refractivity contribution in [3.63, 3.8) is 0 Å². The van der Waals surface area contributed by atoms with Crippen LogP contribution in [-0.2, 0) is 21.4 Å². The smallest absolute Gasteiger partial charge is 0.240 e. The zero-order valence-electron chi connectivity index (χ0n) is 18.2. The number of carbonyl (C=O) groups excluding carboxylic acids is 1. The first-order valence-corrected chi connectivity index (χ1v) is 12.4. The highest BCUT2D eigenvalue weighted by atomic mass is 35.5. The largest absolute Gasteiger partial charge is 0.309 e. The highest BCUT2D eigenvalue weighted by Crippen LogP contribution is 2.20. The number of nitrogens with one attached hydrogen (secondary N) is 2. The number of carbonyl (C=O) groups is 1. The predicted octanol–water partition coefficient (Wildman–Crippen LogP) is 3.34. The number of hydrogen-bond acceptors (Lipinski definition) is 5. The molecule has 2 N–H and O–H groups in total. The summed E-state index contributed by atoms with van der Waals surface area (Å²) in [5.74, 6) is 0.138. The molecule has 2 aromatic carbocycles. The van der Waals surface area contributed by atoms with E-state index >= 15 is 0 Å². The second-order valence-corrected chi connectivity index (χ2v) is 9.46. The van der Waals surface area contributed by atoms with Crippen molar-refractivity contribution in [3.05, 3.63) is 53.6 Å². The monoisotopic (exact) mass is 477 g/mol. The van der Waals surface area contributed by atoms with E-state index in [1.807, 2.05) is 28.8 Å². The molecule has 0 saturated carbocycles. The van der Waals surface area contributed by atoms with Crippen LogP contribution in [0.15, 0.2) is 53.4 Å². The summed E-state index contributed by atoms with van der Waals surface area (Å²) in [4.78, 5) is 19.4. The summed E-state index contributed by atoms with van der Waals surface area (Å²) in [7, 11) is -3.74. The highest BCUT2D eigenvalue weighted by Gasteiger charge is 2.17. The van der Waals surface area contributed by atoms with Crippen LogP contribution in [0.4, 0.5) is 5.95 Å². The number of anilines is 1. The Labute approximate surface area is 193 Å². The second-order valence-electron chi connectivity index (χ2n) is 7.26. The van der Waals surface area contributed by atoms with Crippen LogP contribution in [-0.4, -0.2) is 55.0 Å². The lowest BCUT2D eigenvalue weighted by Gasteiger charge is -2.19. The maximum atomic E-state index is 12.5. The van der Waals surface area contributed by atoms with Crippen molar-refractivity contribution >= 4 is 44.5 Å². The van der Waals surface area contributed by atoms with Gasteiger partial charge in [-0.05, 0) is 43.4 Å². The summed E-state index contributed by atoms with van der Waals surface area (Å²) in [6.07, 6.45) is -0.0287. The van der Waals surface area contributed by atoms with Crippen LogP contribution >= 0.6 is 11.6 Å². The maximum Gasteiger partial charge on any atom is 0.240 e. The molecule has 0 unspecified atom stereocenters. The lowest BCUT2D eigenvalue weighted by atomic mass is 10.3. The molecule has 0 atom stereocenters. The van der Waals surface area contributed by atoms with Crippen LogP contribution in [0.3, 0.4) is 0 Å². The van der Waals surface area contributed by atoms with Crippen LogP contribution in [0.25, 0.3) is 11.0 Å². The van der Waals surface area contributed by atoms with E-state index in [1.54, 1.807) is 12.1 Å². The van der Waals surface area contributed by atoms with Crippen molar-refractivity contribution in [2.24, 2.45) is 0 Å². The number of sulfonamides is 1. The van der Waals surface area contributed by atoms with Crippen LogP contribution in [0.5, 0.6) is 0 Å². The van der Waals surface area contributed by atoms with Gasteiger partial charge in [0, 0.05) is 31.1 Å². The van der Waals surface area contributed by atoms with E-state index in [1.165, 1.54) is 12.1 Å². The second kappa shape index (κ2) is 10.9. The number of likely N-dealkylation sites (N-methyl/N-ethyl adjacent to an activating group) is 1. The van der Waals surface area contributed by atoms with E-state index < -0.39 is 10.0 Å². The molecule has 3 rings (SSSR count). The van der Waals surface area contributed by atoms with Crippen LogP contribution in [0, 0.1) is 0 Å². The van der Waals surface area contributed by atoms with E-state index in [0.717, 1.165) is 30.7 Å². The molecule has 172 valence electrons. The van der Waals surface area contributed by atoms with Gasteiger partial charge in [0.2, 0.25) is 21.9 Å². The van der Waals surface area contributed by atoms with Gasteiger partial charge in [-0.1, -0.05) is 43.6 Å². The third-order valence-corrected chi connectivity index (χ3v) is 6.88. The van der Waals surface area contributed by atoms with Crippen molar-refractivity contribution < 1.29 is 13.2 Å². The number of rotatable bonds is 11. The van der Waals surface area contributed by atoms with Gasteiger partial charge < -0.3 is 9.47 Å². The molecule has 0 saturated heterocycles. The number of aromatic nitrogens is 2. The van der Waals surface area contributed by atoms with E-state index in [2.05, 4.69) is 33.8 Å². The van der Waals surface area contributed by atoms with Crippen LogP contribution in [0.2, 0.25) is 5.02 Å². The lowest BCUT2D eigenvalue weighted by molar-refractivity contribution is -0.116. The van der Waals surface area contributed by atoms with E-state index in [0.29, 0.717) is 17.5 Å². The van der Waals surface area contributed by atoms with Crippen molar-refractivity contribution in [1.82, 2.24) is 19.2 Å². The summed E-state index contributed by atoms with van der Waals surface area (Å²) >= 11 is 5.87. The molecule has 0 aliphatic heterocycles. The molecule has 0 aliphatic carbocycles. The average Bonchev–Trinajstić information content (AvgIpc) is 3.11. The summed E-state index contributed by atoms with van der Waals surface area (Å²) in [6.45, 7) is 7.58. The standard InChI is InChI=1S/C22H28ClN5O3S/c1-3-27(4-2)14-15-28-20-11-6-5-10-19(20)25-22(28)26-21(29)12-13-24-32(30,31)18-9-7-8-17(23)16-18/h5-11,16,24H,3-4,12-15H2,1-2H3,(H,25,26,29). The molecule has 0 radical (unpaired) electrons. The third-order valence-electron chi connectivity index (χ3n) is 5.19. The molecule has 1 aromatic heterocycles. The van der Waals surface area contributed by atoms with Crippen molar-refractivity contribution in [2.45, 2.75) is 31.7 Å². The minimum absolute atomic E-state index is 0.0287. The topological polar surface area (TPSA) is 96.3 Å². The van der Waals surface area contributed by atoms with Gasteiger partial charge in [-0.3, -0.25) is 10.1 Å². The van der Waals surface area contributed by atoms with Crippen LogP contribution < -0.4 is 10.0 Å². The fourth-order valence-corrected chi connectivity index (χ4v) is 4.71. The van der Waals surface area contributed by atoms with Crippen molar-refractivity contribution in [2.75, 3.05) is 31.5 Å². The zero-order chi connectivity index (χ0) is 23.1. The molecule has 0 fully saturated rings. The number of benzene rings is 2. The summed E-state index contributed by atoms with van der Waals surface area (Å²) in [5.41, 5.74) is 1.74. The van der Waals surface area contributed by atoms with Crippen LogP contribution in [0.1, 0.15) is 20.3 Å². The highest BCUT2D eigenvalue weighted by molar-refractivity contribution is 7.89. The molecule has 0 bridgehead atoms. The zero-order valence-corrected chi connectivity index (χ0v) is 19.8. The van der Waals surface area contributed by atoms with E-state index in [-0.39, 0.29) is 23.8 Å². The molecular weight excluding hydrogens is 450 g/mol. The summed E-state index contributed by atoms with van der Waals surface area (Å²) < 4.78 is 29.2. The molecular formula is C22H28ClN5O3S. The van der Waals surface area contributed by atoms with Gasteiger partial charge in [0.05, 0.1) is 15.9 Å². The molecule has 8 nitrogen and oxygen atoms in total. The van der Waals surface area contributed by atoms with Gasteiger partial charge in [0.15, 0.2) is 0 Å². The van der Waals surface area contributed by atoms with Gasteiger partial charge in [-0.25, -0.2) is 18.1 Å². The minimum atomic E-state index is -3.74. The van der Waals surface area contributed by atoms with Gasteiger partial charge >= 0.3 is 0 Å². The molecule has 1 heterocycles. The fourth-order valence-electron chi connectivity index (χ4n) is 3.38. The number of amides is 1. The first-order valence-electron chi connectivity index (χ1n) is 10.6. The van der Waals surface area contributed by atoms with Gasteiger partial charge in [0.1, 0.15) is 0 Å². The Morgan fingerprint density at radius 3 is 2.59 bits per heavy atom. The Kier molecular flexibility index (Phi) is 8.25. The predicted molar refractivity (Wildman–Crippen MR) is 127 cm³/mol. The Morgan fingerprint density at radius 2 is 1.88 bits per heavy atom. The number of hydrogen-bond donors (Lipinski definition) is 2. The quantitative estimate of drug-likeness (QED) is 0.441. The number of para-hydroxylation sites is 2. The normalized spacial score (nSPS) is 11.9. The number of nitrogens with zero attached hydrogens (tertiary/aromatic N) is 3. The molecule has 0 aliphatic rings.